The molecule has 0 aliphatic carbocycles. The summed E-state index contributed by atoms with van der Waals surface area (Å²) in [7, 11) is 0. The minimum atomic E-state index is -0.192. The number of thiazole rings is 1. The molecule has 28 heavy (non-hydrogen) atoms. The van der Waals surface area contributed by atoms with E-state index in [0.29, 0.717) is 16.4 Å². The molecule has 0 unspecified atom stereocenters. The fourth-order valence-electron chi connectivity index (χ4n) is 2.75. The Bertz CT molecular complexity index is 1130. The lowest BCUT2D eigenvalue weighted by molar-refractivity contribution is -0.113. The van der Waals surface area contributed by atoms with Gasteiger partial charge in [0.05, 0.1) is 15.9 Å². The van der Waals surface area contributed by atoms with Gasteiger partial charge >= 0.3 is 0 Å². The second kappa shape index (κ2) is 7.88. The van der Waals surface area contributed by atoms with E-state index < -0.39 is 0 Å². The van der Waals surface area contributed by atoms with Crippen molar-refractivity contribution in [3.05, 3.63) is 82.6 Å². The molecule has 0 bridgehead atoms. The van der Waals surface area contributed by atoms with Gasteiger partial charge in [-0.25, -0.2) is 4.98 Å². The molecule has 2 aromatic heterocycles. The highest BCUT2D eigenvalue weighted by Gasteiger charge is 2.20. The number of ketones is 1. The molecule has 0 saturated heterocycles. The molecule has 0 fully saturated rings. The number of hydrogen-bond donors (Lipinski definition) is 0. The van der Waals surface area contributed by atoms with Crippen molar-refractivity contribution in [2.24, 2.45) is 0 Å². The predicted octanol–water partition coefficient (Wildman–Crippen LogP) is 5.94. The van der Waals surface area contributed by atoms with Crippen LogP contribution in [0.4, 0.5) is 10.8 Å². The van der Waals surface area contributed by atoms with Crippen molar-refractivity contribution in [3.8, 4) is 0 Å². The number of aromatic nitrogens is 1. The second-order valence-corrected chi connectivity index (χ2v) is 8.08. The number of benzene rings is 2. The molecule has 4 aromatic rings. The van der Waals surface area contributed by atoms with Gasteiger partial charge in [-0.05, 0) is 60.8 Å². The third-order valence-electron chi connectivity index (χ3n) is 4.16. The predicted molar refractivity (Wildman–Crippen MR) is 117 cm³/mol. The lowest BCUT2D eigenvalue weighted by Gasteiger charge is -2.18. The third kappa shape index (κ3) is 3.78. The summed E-state index contributed by atoms with van der Waals surface area (Å²) in [5.74, 6) is -0.204. The van der Waals surface area contributed by atoms with Gasteiger partial charge in [-0.15, -0.1) is 11.3 Å². The first kappa shape index (κ1) is 18.3. The van der Waals surface area contributed by atoms with E-state index in [0.717, 1.165) is 15.1 Å². The highest BCUT2D eigenvalue weighted by Crippen LogP contribution is 2.34. The van der Waals surface area contributed by atoms with Crippen molar-refractivity contribution in [2.75, 3.05) is 4.90 Å². The Morgan fingerprint density at radius 2 is 1.79 bits per heavy atom. The van der Waals surface area contributed by atoms with Gasteiger partial charge in [0, 0.05) is 16.5 Å². The van der Waals surface area contributed by atoms with E-state index in [2.05, 4.69) is 4.98 Å². The number of anilines is 2. The molecule has 1 amide bonds. The molecular weight excluding hydrogens is 388 g/mol. The monoisotopic (exact) mass is 404 g/mol. The first-order chi connectivity index (χ1) is 13.6. The fraction of sp³-hybridized carbons (Fsp3) is 0.0455. The molecule has 0 radical (unpaired) electrons. The van der Waals surface area contributed by atoms with Crippen LogP contribution in [0.5, 0.6) is 0 Å². The maximum Gasteiger partial charge on any atom is 0.257 e. The summed E-state index contributed by atoms with van der Waals surface area (Å²) in [6.45, 7) is 1.52. The molecule has 138 valence electrons. The van der Waals surface area contributed by atoms with Crippen LogP contribution in [0.25, 0.3) is 16.3 Å². The molecule has 0 N–H and O–H groups in total. The number of Topliss-reactive ketones (excluding diaryl/α,β-unsaturated/α-hetero) is 1. The molecule has 2 heterocycles. The van der Waals surface area contributed by atoms with Gasteiger partial charge in [-0.1, -0.05) is 29.5 Å². The largest absolute Gasteiger partial charge is 0.295 e. The maximum absolute atomic E-state index is 13.1. The number of nitrogens with zero attached hydrogens (tertiary/aromatic N) is 2. The Balaban J connectivity index is 1.75. The average Bonchev–Trinajstić information content (AvgIpc) is 3.36. The highest BCUT2D eigenvalue weighted by molar-refractivity contribution is 7.22. The maximum atomic E-state index is 13.1. The van der Waals surface area contributed by atoms with Gasteiger partial charge in [-0.3, -0.25) is 14.5 Å². The number of carbonyl (C=O) groups is 2. The summed E-state index contributed by atoms with van der Waals surface area (Å²) >= 11 is 3.03. The van der Waals surface area contributed by atoms with Crippen molar-refractivity contribution in [1.82, 2.24) is 4.98 Å². The average molecular weight is 405 g/mol. The highest BCUT2D eigenvalue weighted by atomic mass is 32.1. The Morgan fingerprint density at radius 3 is 2.46 bits per heavy atom. The molecule has 4 rings (SSSR count). The molecule has 6 heteroatoms. The summed E-state index contributed by atoms with van der Waals surface area (Å²) < 4.78 is 1.01. The molecule has 0 aliphatic heterocycles. The van der Waals surface area contributed by atoms with Crippen molar-refractivity contribution in [1.29, 1.82) is 0 Å². The van der Waals surface area contributed by atoms with Gasteiger partial charge in [0.1, 0.15) is 0 Å². The van der Waals surface area contributed by atoms with Crippen molar-refractivity contribution >= 4 is 61.5 Å². The summed E-state index contributed by atoms with van der Waals surface area (Å²) in [5, 5.41) is 2.56. The van der Waals surface area contributed by atoms with Gasteiger partial charge in [-0.2, -0.15) is 0 Å². The number of hydrogen-bond acceptors (Lipinski definition) is 5. The first-order valence-corrected chi connectivity index (χ1v) is 10.3. The third-order valence-corrected chi connectivity index (χ3v) is 6.02. The van der Waals surface area contributed by atoms with Crippen molar-refractivity contribution in [2.45, 2.75) is 6.92 Å². The van der Waals surface area contributed by atoms with Crippen LogP contribution < -0.4 is 4.90 Å². The van der Waals surface area contributed by atoms with Gasteiger partial charge in [0.25, 0.3) is 5.91 Å². The summed E-state index contributed by atoms with van der Waals surface area (Å²) in [5.41, 5.74) is 2.13. The van der Waals surface area contributed by atoms with Crippen LogP contribution in [0.2, 0.25) is 0 Å². The molecule has 0 aliphatic rings. The zero-order valence-corrected chi connectivity index (χ0v) is 16.7. The standard InChI is InChI=1S/C22H16N2O2S2/c1-15(25)16-8-10-17(11-9-16)24(21(26)13-12-18-5-4-14-27-18)22-23-19-6-2-3-7-20(19)28-22/h2-14H,1H3/b13-12+. The van der Waals surface area contributed by atoms with E-state index in [-0.39, 0.29) is 11.7 Å². The molecule has 4 nitrogen and oxygen atoms in total. The lowest BCUT2D eigenvalue weighted by Crippen LogP contribution is -2.23. The second-order valence-electron chi connectivity index (χ2n) is 6.09. The molecular formula is C22H16N2O2S2. The number of amides is 1. The van der Waals surface area contributed by atoms with Crippen LogP contribution in [0, 0.1) is 0 Å². The van der Waals surface area contributed by atoms with E-state index in [9.17, 15) is 9.59 Å². The van der Waals surface area contributed by atoms with Gasteiger partial charge in [0.2, 0.25) is 0 Å². The van der Waals surface area contributed by atoms with Crippen LogP contribution in [0.15, 0.2) is 72.1 Å². The Labute approximate surface area is 170 Å². The molecule has 2 aromatic carbocycles. The van der Waals surface area contributed by atoms with Crippen molar-refractivity contribution in [3.63, 3.8) is 0 Å². The Morgan fingerprint density at radius 1 is 1.00 bits per heavy atom. The summed E-state index contributed by atoms with van der Waals surface area (Å²) in [4.78, 5) is 31.9. The van der Waals surface area contributed by atoms with Crippen LogP contribution >= 0.6 is 22.7 Å². The van der Waals surface area contributed by atoms with Gasteiger partial charge in [0.15, 0.2) is 10.9 Å². The normalized spacial score (nSPS) is 11.2. The topological polar surface area (TPSA) is 50.3 Å². The quantitative estimate of drug-likeness (QED) is 0.306. The molecule has 0 spiro atoms. The number of carbonyl (C=O) groups excluding carboxylic acids is 2. The number of thiophene rings is 1. The van der Waals surface area contributed by atoms with Crippen LogP contribution in [0.1, 0.15) is 22.2 Å². The summed E-state index contributed by atoms with van der Waals surface area (Å²) in [6, 6.07) is 18.7. The first-order valence-electron chi connectivity index (χ1n) is 8.64. The van der Waals surface area contributed by atoms with Crippen molar-refractivity contribution < 1.29 is 9.59 Å². The van der Waals surface area contributed by atoms with Gasteiger partial charge < -0.3 is 0 Å². The van der Waals surface area contributed by atoms with E-state index in [1.807, 2.05) is 41.8 Å². The van der Waals surface area contributed by atoms with Crippen LogP contribution in [-0.4, -0.2) is 16.7 Å². The van der Waals surface area contributed by atoms with Crippen LogP contribution in [-0.2, 0) is 4.79 Å². The number of para-hydroxylation sites is 1. The molecule has 0 atom stereocenters. The fourth-order valence-corrected chi connectivity index (χ4v) is 4.36. The number of fused-ring (bicyclic) bond motifs is 1. The van der Waals surface area contributed by atoms with E-state index >= 15 is 0 Å². The Hall–Kier alpha value is -3.09. The number of rotatable bonds is 5. The zero-order valence-electron chi connectivity index (χ0n) is 15.0. The minimum Gasteiger partial charge on any atom is -0.295 e. The Kier molecular flexibility index (Phi) is 5.14. The van der Waals surface area contributed by atoms with Crippen LogP contribution in [0.3, 0.4) is 0 Å². The SMILES string of the molecule is CC(=O)c1ccc(N(C(=O)/C=C/c2cccs2)c2nc3ccccc3s2)cc1. The summed E-state index contributed by atoms with van der Waals surface area (Å²) in [6.07, 6.45) is 3.36. The van der Waals surface area contributed by atoms with E-state index in [1.54, 1.807) is 52.7 Å². The van der Waals surface area contributed by atoms with E-state index in [1.165, 1.54) is 18.3 Å². The minimum absolute atomic E-state index is 0.0120. The zero-order chi connectivity index (χ0) is 19.5. The van der Waals surface area contributed by atoms with E-state index in [4.69, 9.17) is 0 Å². The smallest absolute Gasteiger partial charge is 0.257 e. The molecule has 0 saturated carbocycles. The lowest BCUT2D eigenvalue weighted by atomic mass is 10.1.